The third kappa shape index (κ3) is 4.37. The molecular weight excluding hydrogens is 466 g/mol. The second-order valence-electron chi connectivity index (χ2n) is 7.21. The van der Waals surface area contributed by atoms with Gasteiger partial charge in [-0.05, 0) is 43.2 Å². The summed E-state index contributed by atoms with van der Waals surface area (Å²) >= 11 is 7.20. The van der Waals surface area contributed by atoms with E-state index in [1.54, 1.807) is 56.3 Å². The van der Waals surface area contributed by atoms with Crippen molar-refractivity contribution >= 4 is 40.7 Å². The highest BCUT2D eigenvalue weighted by Gasteiger charge is 2.33. The molecule has 1 aliphatic rings. The van der Waals surface area contributed by atoms with Crippen molar-refractivity contribution in [3.05, 3.63) is 106 Å². The lowest BCUT2D eigenvalue weighted by Crippen LogP contribution is -2.39. The van der Waals surface area contributed by atoms with E-state index in [-0.39, 0.29) is 23.4 Å². The summed E-state index contributed by atoms with van der Waals surface area (Å²) in [4.78, 5) is 41.8. The highest BCUT2D eigenvalue weighted by atomic mass is 35.5. The van der Waals surface area contributed by atoms with Crippen LogP contribution in [0.5, 0.6) is 0 Å². The van der Waals surface area contributed by atoms with E-state index in [0.29, 0.717) is 31.2 Å². The Morgan fingerprint density at radius 1 is 1.30 bits per heavy atom. The first-order valence-corrected chi connectivity index (χ1v) is 11.2. The number of nitro groups is 1. The highest BCUT2D eigenvalue weighted by molar-refractivity contribution is 7.07. The van der Waals surface area contributed by atoms with E-state index < -0.39 is 16.9 Å². The molecule has 0 radical (unpaired) electrons. The lowest BCUT2D eigenvalue weighted by atomic mass is 9.96. The van der Waals surface area contributed by atoms with Crippen molar-refractivity contribution in [3.8, 4) is 0 Å². The van der Waals surface area contributed by atoms with Gasteiger partial charge in [-0.1, -0.05) is 47.2 Å². The minimum absolute atomic E-state index is 0.0731. The predicted molar refractivity (Wildman–Crippen MR) is 125 cm³/mol. The van der Waals surface area contributed by atoms with Crippen molar-refractivity contribution in [2.75, 3.05) is 6.61 Å². The van der Waals surface area contributed by atoms with Gasteiger partial charge in [0.1, 0.15) is 0 Å². The number of benzene rings is 2. The third-order valence-electron chi connectivity index (χ3n) is 5.08. The van der Waals surface area contributed by atoms with Gasteiger partial charge in [-0.15, -0.1) is 0 Å². The van der Waals surface area contributed by atoms with Gasteiger partial charge in [0.05, 0.1) is 33.4 Å². The van der Waals surface area contributed by atoms with E-state index in [2.05, 4.69) is 4.99 Å². The van der Waals surface area contributed by atoms with Gasteiger partial charge in [-0.2, -0.15) is 0 Å². The van der Waals surface area contributed by atoms with Crippen LogP contribution in [0.2, 0.25) is 5.02 Å². The molecule has 3 aromatic rings. The number of hydrogen-bond acceptors (Lipinski definition) is 7. The zero-order valence-electron chi connectivity index (χ0n) is 17.6. The summed E-state index contributed by atoms with van der Waals surface area (Å²) in [5, 5.41) is 11.6. The standard InChI is InChI=1S/C23H18ClN3O5S/c1-3-32-22(29)19-13(2)25-23-26(20(19)15-7-9-16(24)10-8-15)21(28)18(33-23)12-14-5-4-6-17(11-14)27(30)31/h4-12,20H,3H2,1-2H3/b18-12+/t20-/m0/s1. The molecule has 0 saturated carbocycles. The van der Waals surface area contributed by atoms with Crippen molar-refractivity contribution in [1.82, 2.24) is 4.57 Å². The number of aromatic nitrogens is 1. The fourth-order valence-corrected chi connectivity index (χ4v) is 4.80. The molecule has 0 unspecified atom stereocenters. The number of carbonyl (C=O) groups excluding carboxylic acids is 1. The van der Waals surface area contributed by atoms with Gasteiger partial charge in [0.25, 0.3) is 11.2 Å². The average molecular weight is 484 g/mol. The Kier molecular flexibility index (Phi) is 6.26. The van der Waals surface area contributed by atoms with Crippen LogP contribution in [0.15, 0.2) is 69.6 Å². The zero-order valence-corrected chi connectivity index (χ0v) is 19.2. The topological polar surface area (TPSA) is 104 Å². The van der Waals surface area contributed by atoms with Crippen LogP contribution in [0.25, 0.3) is 6.08 Å². The number of carbonyl (C=O) groups is 1. The van der Waals surface area contributed by atoms with E-state index in [4.69, 9.17) is 16.3 Å². The van der Waals surface area contributed by atoms with Crippen LogP contribution < -0.4 is 14.9 Å². The molecule has 1 atom stereocenters. The van der Waals surface area contributed by atoms with Gasteiger partial charge in [-0.3, -0.25) is 19.5 Å². The molecule has 0 amide bonds. The van der Waals surface area contributed by atoms with Crippen LogP contribution in [0.4, 0.5) is 5.69 Å². The number of non-ortho nitro benzene ring substituents is 1. The van der Waals surface area contributed by atoms with Crippen molar-refractivity contribution in [1.29, 1.82) is 0 Å². The van der Waals surface area contributed by atoms with Crippen LogP contribution in [-0.4, -0.2) is 22.1 Å². The fraction of sp³-hybridized carbons (Fsp3) is 0.174. The van der Waals surface area contributed by atoms with E-state index in [9.17, 15) is 19.7 Å². The SMILES string of the molecule is CCOC(=O)C1=C(C)N=c2s/c(=C/c3cccc([N+](=O)[O-])c3)c(=O)n2[C@H]1c1ccc(Cl)cc1. The van der Waals surface area contributed by atoms with Gasteiger partial charge < -0.3 is 4.74 Å². The minimum Gasteiger partial charge on any atom is -0.463 e. The number of hydrogen-bond donors (Lipinski definition) is 0. The van der Waals surface area contributed by atoms with Gasteiger partial charge in [-0.25, -0.2) is 9.79 Å². The molecule has 1 aliphatic heterocycles. The van der Waals surface area contributed by atoms with Gasteiger partial charge in [0.15, 0.2) is 4.80 Å². The average Bonchev–Trinajstić information content (AvgIpc) is 3.08. The lowest BCUT2D eigenvalue weighted by Gasteiger charge is -2.24. The molecule has 8 nitrogen and oxygen atoms in total. The van der Waals surface area contributed by atoms with Gasteiger partial charge >= 0.3 is 5.97 Å². The van der Waals surface area contributed by atoms with Crippen molar-refractivity contribution < 1.29 is 14.5 Å². The number of nitro benzene ring substituents is 1. The van der Waals surface area contributed by atoms with Crippen LogP contribution in [0.3, 0.4) is 0 Å². The number of allylic oxidation sites excluding steroid dienone is 1. The maximum absolute atomic E-state index is 13.5. The summed E-state index contributed by atoms with van der Waals surface area (Å²) in [6, 6.07) is 12.1. The maximum atomic E-state index is 13.5. The summed E-state index contributed by atoms with van der Waals surface area (Å²) in [5.41, 5.74) is 1.49. The Labute approximate surface area is 196 Å². The maximum Gasteiger partial charge on any atom is 0.338 e. The molecule has 10 heteroatoms. The normalized spacial score (nSPS) is 15.7. The first-order chi connectivity index (χ1) is 15.8. The quantitative estimate of drug-likeness (QED) is 0.314. The zero-order chi connectivity index (χ0) is 23.7. The predicted octanol–water partition coefficient (Wildman–Crippen LogP) is 3.36. The number of thiazole rings is 1. The highest BCUT2D eigenvalue weighted by Crippen LogP contribution is 2.31. The largest absolute Gasteiger partial charge is 0.463 e. The van der Waals surface area contributed by atoms with Gasteiger partial charge in [0.2, 0.25) is 0 Å². The molecule has 1 aromatic heterocycles. The lowest BCUT2D eigenvalue weighted by molar-refractivity contribution is -0.384. The van der Waals surface area contributed by atoms with E-state index in [0.717, 1.165) is 11.3 Å². The molecule has 0 saturated heterocycles. The second kappa shape index (κ2) is 9.13. The molecule has 0 N–H and O–H groups in total. The van der Waals surface area contributed by atoms with Gasteiger partial charge in [0, 0.05) is 17.2 Å². The fourth-order valence-electron chi connectivity index (χ4n) is 3.63. The Bertz CT molecular complexity index is 1470. The first-order valence-electron chi connectivity index (χ1n) is 9.99. The summed E-state index contributed by atoms with van der Waals surface area (Å²) < 4.78 is 7.05. The number of rotatable bonds is 5. The van der Waals surface area contributed by atoms with Crippen LogP contribution in [-0.2, 0) is 9.53 Å². The van der Waals surface area contributed by atoms with Crippen LogP contribution in [0.1, 0.15) is 31.0 Å². The summed E-state index contributed by atoms with van der Waals surface area (Å²) in [5.74, 6) is -0.549. The van der Waals surface area contributed by atoms with Crippen LogP contribution >= 0.6 is 22.9 Å². The number of halogens is 1. The number of fused-ring (bicyclic) bond motifs is 1. The first kappa shape index (κ1) is 22.6. The molecule has 0 aliphatic carbocycles. The number of ether oxygens (including phenoxy) is 1. The van der Waals surface area contributed by atoms with Crippen LogP contribution in [0, 0.1) is 10.1 Å². The molecule has 2 heterocycles. The van der Waals surface area contributed by atoms with Crippen molar-refractivity contribution in [2.45, 2.75) is 19.9 Å². The number of nitrogens with zero attached hydrogens (tertiary/aromatic N) is 3. The second-order valence-corrected chi connectivity index (χ2v) is 8.65. The monoisotopic (exact) mass is 483 g/mol. The molecule has 0 bridgehead atoms. The Morgan fingerprint density at radius 3 is 2.70 bits per heavy atom. The Hall–Kier alpha value is -3.56. The molecule has 33 heavy (non-hydrogen) atoms. The molecule has 4 rings (SSSR count). The Morgan fingerprint density at radius 2 is 2.03 bits per heavy atom. The molecule has 0 fully saturated rings. The Balaban J connectivity index is 1.94. The van der Waals surface area contributed by atoms with E-state index >= 15 is 0 Å². The van der Waals surface area contributed by atoms with E-state index in [1.165, 1.54) is 16.7 Å². The third-order valence-corrected chi connectivity index (χ3v) is 6.32. The number of esters is 1. The summed E-state index contributed by atoms with van der Waals surface area (Å²) in [6.45, 7) is 3.59. The summed E-state index contributed by atoms with van der Waals surface area (Å²) in [7, 11) is 0. The molecule has 0 spiro atoms. The smallest absolute Gasteiger partial charge is 0.338 e. The van der Waals surface area contributed by atoms with Crippen molar-refractivity contribution in [3.63, 3.8) is 0 Å². The minimum atomic E-state index is -0.746. The van der Waals surface area contributed by atoms with E-state index in [1.807, 2.05) is 0 Å². The molecule has 168 valence electrons. The summed E-state index contributed by atoms with van der Waals surface area (Å²) in [6.07, 6.45) is 1.58. The molecule has 2 aromatic carbocycles. The van der Waals surface area contributed by atoms with Crippen molar-refractivity contribution in [2.24, 2.45) is 4.99 Å². The molecular formula is C23H18ClN3O5S.